The van der Waals surface area contributed by atoms with Gasteiger partial charge in [-0.05, 0) is 42.5 Å². The van der Waals surface area contributed by atoms with Crippen LogP contribution in [0.2, 0.25) is 5.02 Å². The molecule has 0 spiro atoms. The monoisotopic (exact) mass is 394 g/mol. The van der Waals surface area contributed by atoms with Crippen LogP contribution in [0.5, 0.6) is 0 Å². The van der Waals surface area contributed by atoms with Crippen molar-refractivity contribution in [3.8, 4) is 17.1 Å². The summed E-state index contributed by atoms with van der Waals surface area (Å²) in [4.78, 5) is 31.0. The number of rotatable bonds is 4. The van der Waals surface area contributed by atoms with E-state index in [1.165, 1.54) is 6.92 Å². The molecule has 4 aromatic rings. The third-order valence-electron chi connectivity index (χ3n) is 4.12. The molecular weight excluding hydrogens is 380 g/mol. The topological polar surface area (TPSA) is 89.9 Å². The Balaban J connectivity index is 1.85. The molecule has 28 heavy (non-hydrogen) atoms. The van der Waals surface area contributed by atoms with E-state index in [4.69, 9.17) is 16.3 Å². The van der Waals surface area contributed by atoms with E-state index in [0.717, 1.165) is 5.69 Å². The minimum Gasteiger partial charge on any atom is -0.459 e. The number of halogens is 1. The average molecular weight is 395 g/mol. The predicted octanol–water partition coefficient (Wildman–Crippen LogP) is 3.49. The number of esters is 1. The Morgan fingerprint density at radius 3 is 2.68 bits per heavy atom. The van der Waals surface area contributed by atoms with Crippen molar-refractivity contribution in [2.75, 3.05) is 0 Å². The maximum Gasteiger partial charge on any atom is 0.303 e. The second kappa shape index (κ2) is 7.28. The molecule has 0 aliphatic carbocycles. The van der Waals surface area contributed by atoms with E-state index in [0.29, 0.717) is 27.4 Å². The van der Waals surface area contributed by atoms with Crippen molar-refractivity contribution < 1.29 is 9.53 Å². The summed E-state index contributed by atoms with van der Waals surface area (Å²) in [6.45, 7) is 1.34. The number of nitrogens with one attached hydrogen (secondary N) is 1. The molecule has 0 radical (unpaired) electrons. The van der Waals surface area contributed by atoms with E-state index < -0.39 is 5.97 Å². The number of hydrogen-bond acceptors (Lipinski definition) is 5. The Labute approximate surface area is 164 Å². The van der Waals surface area contributed by atoms with Crippen molar-refractivity contribution in [3.63, 3.8) is 0 Å². The molecule has 4 rings (SSSR count). The largest absolute Gasteiger partial charge is 0.459 e. The molecule has 8 heteroatoms. The Morgan fingerprint density at radius 2 is 1.93 bits per heavy atom. The molecule has 0 saturated heterocycles. The summed E-state index contributed by atoms with van der Waals surface area (Å²) in [6.07, 6.45) is 0. The van der Waals surface area contributed by atoms with E-state index >= 15 is 0 Å². The first-order valence-corrected chi connectivity index (χ1v) is 8.87. The number of nitrogens with zero attached hydrogens (tertiary/aromatic N) is 3. The molecule has 0 aliphatic rings. The zero-order valence-electron chi connectivity index (χ0n) is 14.8. The third kappa shape index (κ3) is 3.52. The van der Waals surface area contributed by atoms with E-state index in [9.17, 15) is 9.59 Å². The Kier molecular flexibility index (Phi) is 4.67. The van der Waals surface area contributed by atoms with Gasteiger partial charge in [0.2, 0.25) is 0 Å². The molecule has 7 nitrogen and oxygen atoms in total. The number of carbonyl (C=O) groups excluding carboxylic acids is 1. The normalized spacial score (nSPS) is 10.9. The molecule has 140 valence electrons. The average Bonchev–Trinajstić information content (AvgIpc) is 3.10. The lowest BCUT2D eigenvalue weighted by Crippen LogP contribution is -2.12. The maximum absolute atomic E-state index is 12.5. The van der Waals surface area contributed by atoms with Crippen LogP contribution in [0.15, 0.2) is 59.4 Å². The number of para-hydroxylation sites is 2. The maximum atomic E-state index is 12.5. The van der Waals surface area contributed by atoms with Crippen LogP contribution in [0.25, 0.3) is 28.1 Å². The highest BCUT2D eigenvalue weighted by Gasteiger charge is 2.16. The van der Waals surface area contributed by atoms with Crippen LogP contribution in [0.1, 0.15) is 12.6 Å². The van der Waals surface area contributed by atoms with Gasteiger partial charge in [-0.2, -0.15) is 5.10 Å². The third-order valence-corrected chi connectivity index (χ3v) is 4.37. The fraction of sp³-hybridized carbons (Fsp3) is 0.100. The first-order chi connectivity index (χ1) is 13.5. The second-order valence-corrected chi connectivity index (χ2v) is 6.56. The molecule has 0 unspecified atom stereocenters. The van der Waals surface area contributed by atoms with E-state index in [-0.39, 0.29) is 17.9 Å². The van der Waals surface area contributed by atoms with Crippen LogP contribution in [-0.2, 0) is 16.1 Å². The zero-order valence-corrected chi connectivity index (χ0v) is 15.6. The minimum atomic E-state index is -0.410. The van der Waals surface area contributed by atoms with E-state index in [1.807, 2.05) is 18.2 Å². The fourth-order valence-corrected chi connectivity index (χ4v) is 2.95. The van der Waals surface area contributed by atoms with Crippen molar-refractivity contribution in [3.05, 3.63) is 75.7 Å². The standard InChI is InChI=1S/C20H15ClN4O3/c1-12(26)28-11-15-10-18(24-25(15)14-8-6-13(21)7-9-14)19-20(27)23-17-5-3-2-4-16(17)22-19/h2-10H,11H2,1H3,(H,23,27). The van der Waals surface area contributed by atoms with Crippen LogP contribution >= 0.6 is 11.6 Å². The van der Waals surface area contributed by atoms with E-state index in [1.54, 1.807) is 41.1 Å². The summed E-state index contributed by atoms with van der Waals surface area (Å²) < 4.78 is 6.73. The van der Waals surface area contributed by atoms with Gasteiger partial charge in [-0.3, -0.25) is 9.59 Å². The summed E-state index contributed by atoms with van der Waals surface area (Å²) in [7, 11) is 0. The SMILES string of the molecule is CC(=O)OCc1cc(-c2nc3ccccc3[nH]c2=O)nn1-c1ccc(Cl)cc1. The van der Waals surface area contributed by atoms with E-state index in [2.05, 4.69) is 15.1 Å². The number of aromatic amines is 1. The molecule has 0 aliphatic heterocycles. The van der Waals surface area contributed by atoms with Gasteiger partial charge in [0, 0.05) is 11.9 Å². The van der Waals surface area contributed by atoms with Gasteiger partial charge in [-0.15, -0.1) is 0 Å². The van der Waals surface area contributed by atoms with Crippen LogP contribution in [-0.4, -0.2) is 25.7 Å². The number of ether oxygens (including phenoxy) is 1. The number of H-pyrrole nitrogens is 1. The van der Waals surface area contributed by atoms with Gasteiger partial charge in [-0.1, -0.05) is 23.7 Å². The van der Waals surface area contributed by atoms with Gasteiger partial charge >= 0.3 is 5.97 Å². The molecule has 1 N–H and O–H groups in total. The minimum absolute atomic E-state index is 0.0104. The van der Waals surface area contributed by atoms with Crippen molar-refractivity contribution in [1.29, 1.82) is 0 Å². The Bertz CT molecular complexity index is 1230. The molecule has 0 atom stereocenters. The van der Waals surface area contributed by atoms with Crippen LogP contribution in [0.4, 0.5) is 0 Å². The molecule has 2 aromatic heterocycles. The van der Waals surface area contributed by atoms with Crippen LogP contribution < -0.4 is 5.56 Å². The number of benzene rings is 2. The van der Waals surface area contributed by atoms with Crippen molar-refractivity contribution in [2.45, 2.75) is 13.5 Å². The summed E-state index contributed by atoms with van der Waals surface area (Å²) >= 11 is 5.96. The highest BCUT2D eigenvalue weighted by Crippen LogP contribution is 2.21. The summed E-state index contributed by atoms with van der Waals surface area (Å²) in [5.74, 6) is -0.410. The summed E-state index contributed by atoms with van der Waals surface area (Å²) in [6, 6.07) is 16.0. The van der Waals surface area contributed by atoms with Crippen molar-refractivity contribution >= 4 is 28.6 Å². The number of aromatic nitrogens is 4. The quantitative estimate of drug-likeness (QED) is 0.535. The lowest BCUT2D eigenvalue weighted by Gasteiger charge is -2.07. The number of fused-ring (bicyclic) bond motifs is 1. The first kappa shape index (κ1) is 17.9. The number of hydrogen-bond donors (Lipinski definition) is 1. The second-order valence-electron chi connectivity index (χ2n) is 6.12. The fourth-order valence-electron chi connectivity index (χ4n) is 2.82. The highest BCUT2D eigenvalue weighted by atomic mass is 35.5. The summed E-state index contributed by atoms with van der Waals surface area (Å²) in [5.41, 5.74) is 2.84. The molecular formula is C20H15ClN4O3. The van der Waals surface area contributed by atoms with Gasteiger partial charge in [0.1, 0.15) is 12.3 Å². The van der Waals surface area contributed by atoms with Crippen molar-refractivity contribution in [1.82, 2.24) is 19.7 Å². The van der Waals surface area contributed by atoms with Gasteiger partial charge in [-0.25, -0.2) is 9.67 Å². The molecule has 0 bridgehead atoms. The molecule has 2 aromatic carbocycles. The first-order valence-electron chi connectivity index (χ1n) is 8.49. The van der Waals surface area contributed by atoms with Gasteiger partial charge < -0.3 is 9.72 Å². The number of carbonyl (C=O) groups is 1. The van der Waals surface area contributed by atoms with Crippen LogP contribution in [0.3, 0.4) is 0 Å². The lowest BCUT2D eigenvalue weighted by atomic mass is 10.2. The predicted molar refractivity (Wildman–Crippen MR) is 105 cm³/mol. The smallest absolute Gasteiger partial charge is 0.303 e. The highest BCUT2D eigenvalue weighted by molar-refractivity contribution is 6.30. The van der Waals surface area contributed by atoms with Crippen LogP contribution in [0, 0.1) is 0 Å². The molecule has 2 heterocycles. The Morgan fingerprint density at radius 1 is 1.18 bits per heavy atom. The zero-order chi connectivity index (χ0) is 19.7. The molecule has 0 amide bonds. The van der Waals surface area contributed by atoms with Gasteiger partial charge in [0.25, 0.3) is 5.56 Å². The van der Waals surface area contributed by atoms with Gasteiger partial charge in [0.05, 0.1) is 22.4 Å². The molecule has 0 saturated carbocycles. The lowest BCUT2D eigenvalue weighted by molar-refractivity contribution is -0.142. The van der Waals surface area contributed by atoms with Crippen molar-refractivity contribution in [2.24, 2.45) is 0 Å². The Hall–Kier alpha value is -3.45. The molecule has 0 fully saturated rings. The van der Waals surface area contributed by atoms with Gasteiger partial charge in [0.15, 0.2) is 5.69 Å². The summed E-state index contributed by atoms with van der Waals surface area (Å²) in [5, 5.41) is 5.11.